The Labute approximate surface area is 150 Å². The van der Waals surface area contributed by atoms with Gasteiger partial charge in [-0.2, -0.15) is 0 Å². The van der Waals surface area contributed by atoms with E-state index in [-0.39, 0.29) is 16.3 Å². The van der Waals surface area contributed by atoms with Crippen LogP contribution in [0.5, 0.6) is 0 Å². The van der Waals surface area contributed by atoms with Crippen LogP contribution in [0.25, 0.3) is 0 Å². The molecule has 114 valence electrons. The van der Waals surface area contributed by atoms with Crippen LogP contribution in [-0.4, -0.2) is 4.57 Å². The van der Waals surface area contributed by atoms with Gasteiger partial charge in [0.1, 0.15) is 0 Å². The molecule has 0 amide bonds. The third-order valence-corrected chi connectivity index (χ3v) is 5.22. The Morgan fingerprint density at radius 1 is 0.900 bits per heavy atom. The molecule has 0 aliphatic rings. The highest BCUT2D eigenvalue weighted by molar-refractivity contribution is 14.1. The normalized spacial score (nSPS) is 12.8. The Morgan fingerprint density at radius 2 is 1.25 bits per heavy atom. The molecule has 0 fully saturated rings. The van der Waals surface area contributed by atoms with Crippen LogP contribution >= 0.6 is 45.2 Å². The third-order valence-electron chi connectivity index (χ3n) is 3.22. The zero-order chi connectivity index (χ0) is 15.9. The average molecular weight is 501 g/mol. The molecule has 0 atom stereocenters. The molecule has 0 saturated heterocycles. The van der Waals surface area contributed by atoms with E-state index in [1.165, 1.54) is 11.4 Å². The van der Waals surface area contributed by atoms with Gasteiger partial charge in [-0.25, -0.2) is 0 Å². The fraction of sp³-hybridized carbons (Fsp3) is 0.688. The van der Waals surface area contributed by atoms with Crippen molar-refractivity contribution in [1.29, 1.82) is 0 Å². The second-order valence-corrected chi connectivity index (χ2v) is 9.46. The fourth-order valence-electron chi connectivity index (χ4n) is 2.58. The lowest BCUT2D eigenvalue weighted by Gasteiger charge is -2.33. The van der Waals surface area contributed by atoms with Crippen molar-refractivity contribution in [2.24, 2.45) is 0 Å². The van der Waals surface area contributed by atoms with Crippen LogP contribution in [0.1, 0.15) is 66.3 Å². The number of aromatic nitrogens is 1. The summed E-state index contributed by atoms with van der Waals surface area (Å²) in [5.74, 6) is 0. The highest BCUT2D eigenvalue weighted by atomic mass is 127. The number of rotatable bonds is 2. The first-order valence-electron chi connectivity index (χ1n) is 7.05. The Hall–Kier alpha value is 0.410. The lowest BCUT2D eigenvalue weighted by Crippen LogP contribution is -2.35. The molecule has 0 spiro atoms. The van der Waals surface area contributed by atoms with E-state index in [4.69, 9.17) is 0 Å². The van der Waals surface area contributed by atoms with Crippen molar-refractivity contribution in [1.82, 2.24) is 4.57 Å². The Morgan fingerprint density at radius 3 is 1.50 bits per heavy atom. The van der Waals surface area contributed by atoms with Gasteiger partial charge in [-0.05, 0) is 51.6 Å². The minimum absolute atomic E-state index is 0.0325. The van der Waals surface area contributed by atoms with Crippen molar-refractivity contribution < 1.29 is 0 Å². The van der Waals surface area contributed by atoms with Crippen molar-refractivity contribution in [2.75, 3.05) is 0 Å². The van der Waals surface area contributed by atoms with Crippen molar-refractivity contribution in [2.45, 2.75) is 72.3 Å². The minimum Gasteiger partial charge on any atom is -0.345 e. The maximum absolute atomic E-state index is 12.6. The smallest absolute Gasteiger partial charge is 0.208 e. The van der Waals surface area contributed by atoms with Crippen LogP contribution in [0.15, 0.2) is 4.79 Å². The highest BCUT2D eigenvalue weighted by Crippen LogP contribution is 2.33. The molecule has 1 aromatic rings. The van der Waals surface area contributed by atoms with Gasteiger partial charge in [0.15, 0.2) is 0 Å². The maximum Gasteiger partial charge on any atom is 0.208 e. The van der Waals surface area contributed by atoms with Gasteiger partial charge >= 0.3 is 0 Å². The second-order valence-electron chi connectivity index (χ2n) is 7.31. The van der Waals surface area contributed by atoms with Crippen LogP contribution in [0, 0.1) is 7.14 Å². The van der Waals surface area contributed by atoms with Crippen LogP contribution < -0.4 is 5.43 Å². The second kappa shape index (κ2) is 6.26. The van der Waals surface area contributed by atoms with Gasteiger partial charge in [0.2, 0.25) is 5.43 Å². The van der Waals surface area contributed by atoms with Gasteiger partial charge in [-0.3, -0.25) is 4.79 Å². The summed E-state index contributed by atoms with van der Waals surface area (Å²) in [4.78, 5) is 12.6. The molecular weight excluding hydrogens is 476 g/mol. The van der Waals surface area contributed by atoms with Crippen molar-refractivity contribution in [3.8, 4) is 0 Å². The van der Waals surface area contributed by atoms with Gasteiger partial charge in [0, 0.05) is 28.8 Å². The van der Waals surface area contributed by atoms with E-state index in [2.05, 4.69) is 98.2 Å². The lowest BCUT2D eigenvalue weighted by molar-refractivity contribution is 0.444. The largest absolute Gasteiger partial charge is 0.345 e. The lowest BCUT2D eigenvalue weighted by atomic mass is 9.86. The third kappa shape index (κ3) is 3.59. The Balaban J connectivity index is 3.95. The number of hydrogen-bond donors (Lipinski definition) is 0. The van der Waals surface area contributed by atoms with Gasteiger partial charge in [0.25, 0.3) is 0 Å². The molecule has 20 heavy (non-hydrogen) atoms. The molecule has 0 aromatic carbocycles. The van der Waals surface area contributed by atoms with Gasteiger partial charge in [-0.15, -0.1) is 0 Å². The summed E-state index contributed by atoms with van der Waals surface area (Å²) in [5.41, 5.74) is 2.48. The highest BCUT2D eigenvalue weighted by Gasteiger charge is 2.31. The first kappa shape index (κ1) is 18.5. The van der Waals surface area contributed by atoms with E-state index in [9.17, 15) is 4.79 Å². The van der Waals surface area contributed by atoms with E-state index in [0.717, 1.165) is 20.1 Å². The van der Waals surface area contributed by atoms with Gasteiger partial charge in [0.05, 0.1) is 7.14 Å². The number of pyridine rings is 1. The zero-order valence-corrected chi connectivity index (χ0v) is 17.8. The fourth-order valence-corrected chi connectivity index (χ4v) is 5.83. The van der Waals surface area contributed by atoms with E-state index in [1.54, 1.807) is 0 Å². The molecule has 0 N–H and O–H groups in total. The van der Waals surface area contributed by atoms with Crippen LogP contribution in [0.2, 0.25) is 0 Å². The molecule has 1 aromatic heterocycles. The summed E-state index contributed by atoms with van der Waals surface area (Å²) in [5, 5.41) is 0. The minimum atomic E-state index is -0.0325. The molecule has 1 heterocycles. The van der Waals surface area contributed by atoms with Gasteiger partial charge < -0.3 is 4.57 Å². The van der Waals surface area contributed by atoms with Gasteiger partial charge in [-0.1, -0.05) is 48.5 Å². The summed E-state index contributed by atoms with van der Waals surface area (Å²) in [6, 6.07) is 0. The SMILES string of the molecule is CCCn1c(C(C)(C)C)c(I)c(=O)c(I)c1C(C)(C)C. The predicted octanol–water partition coefficient (Wildman–Crippen LogP) is 5.06. The summed E-state index contributed by atoms with van der Waals surface area (Å²) < 4.78 is 4.15. The van der Waals surface area contributed by atoms with Crippen molar-refractivity contribution in [3.05, 3.63) is 28.8 Å². The first-order valence-corrected chi connectivity index (χ1v) is 9.21. The number of nitrogens with zero attached hydrogens (tertiary/aromatic N) is 1. The van der Waals surface area contributed by atoms with E-state index in [1.807, 2.05) is 0 Å². The van der Waals surface area contributed by atoms with Crippen LogP contribution in [0.4, 0.5) is 0 Å². The molecule has 0 unspecified atom stereocenters. The molecule has 0 aliphatic heterocycles. The summed E-state index contributed by atoms with van der Waals surface area (Å²) in [7, 11) is 0. The summed E-state index contributed by atoms with van der Waals surface area (Å²) in [6.45, 7) is 16.3. The number of halogens is 2. The molecule has 1 rings (SSSR count). The summed E-state index contributed by atoms with van der Waals surface area (Å²) in [6.07, 6.45) is 1.07. The van der Waals surface area contributed by atoms with Crippen molar-refractivity contribution in [3.63, 3.8) is 0 Å². The molecule has 0 radical (unpaired) electrons. The Kier molecular flexibility index (Phi) is 5.78. The maximum atomic E-state index is 12.6. The van der Waals surface area contributed by atoms with E-state index in [0.29, 0.717) is 0 Å². The predicted molar refractivity (Wildman–Crippen MR) is 104 cm³/mol. The molecule has 4 heteroatoms. The van der Waals surface area contributed by atoms with Crippen molar-refractivity contribution >= 4 is 45.2 Å². The number of hydrogen-bond acceptors (Lipinski definition) is 1. The Bertz CT molecular complexity index is 516. The molecule has 0 saturated carbocycles. The van der Waals surface area contributed by atoms with Crippen LogP contribution in [0.3, 0.4) is 0 Å². The van der Waals surface area contributed by atoms with Crippen LogP contribution in [-0.2, 0) is 17.4 Å². The topological polar surface area (TPSA) is 22.0 Å². The quantitative estimate of drug-likeness (QED) is 0.520. The van der Waals surface area contributed by atoms with E-state index < -0.39 is 0 Å². The summed E-state index contributed by atoms with van der Waals surface area (Å²) >= 11 is 4.46. The zero-order valence-electron chi connectivity index (χ0n) is 13.5. The average Bonchev–Trinajstić information content (AvgIpc) is 2.22. The molecule has 0 aliphatic carbocycles. The molecular formula is C16H25I2NO. The molecule has 0 bridgehead atoms. The monoisotopic (exact) mass is 501 g/mol. The first-order chi connectivity index (χ1) is 8.92. The molecule has 2 nitrogen and oxygen atoms in total. The standard InChI is InChI=1S/C16H25I2NO/c1-8-9-19-13(15(2,3)4)10(17)12(20)11(18)14(19)16(5,6)7/h8-9H2,1-7H3. The van der Waals surface area contributed by atoms with E-state index >= 15 is 0 Å².